The van der Waals surface area contributed by atoms with E-state index in [9.17, 15) is 42.3 Å². The zero-order valence-corrected chi connectivity index (χ0v) is 37.6. The Balaban J connectivity index is 0.803. The first-order chi connectivity index (χ1) is 31.7. The van der Waals surface area contributed by atoms with Gasteiger partial charge >= 0.3 is 0 Å². The number of pyridine rings is 1. The van der Waals surface area contributed by atoms with Crippen LogP contribution < -0.4 is 31.6 Å². The fourth-order valence-electron chi connectivity index (χ4n) is 7.70. The molecule has 4 N–H and O–H groups in total. The molecular weight excluding hydrogens is 924 g/mol. The number of anilines is 1. The van der Waals surface area contributed by atoms with Crippen LogP contribution in [0.1, 0.15) is 92.1 Å². The van der Waals surface area contributed by atoms with Crippen molar-refractivity contribution >= 4 is 57.1 Å². The molecule has 344 valence electrons. The van der Waals surface area contributed by atoms with Crippen molar-refractivity contribution in [1.29, 1.82) is 0 Å². The lowest BCUT2D eigenvalue weighted by Crippen LogP contribution is -2.54. The number of halogens is 3. The molecule has 20 heteroatoms. The molecule has 0 saturated carbocycles. The minimum Gasteiger partial charge on any atom is -0.487 e. The SMILES string of the molecule is Cc1ccc(C(=O)NCCCc2cn(CCCC(=O)NCCCNc3cccc4c3C(=O)N(C3CCC(=O)NC3=O)C4=O)nn2)cc1-n1c(C)cc(OCc2ccc(F)cc2F)c(Br)c1=O. The van der Waals surface area contributed by atoms with Gasteiger partial charge < -0.3 is 20.7 Å². The second-order valence-corrected chi connectivity index (χ2v) is 16.7. The molecule has 1 fully saturated rings. The molecule has 2 aliphatic rings. The highest BCUT2D eigenvalue weighted by molar-refractivity contribution is 9.10. The van der Waals surface area contributed by atoms with Crippen molar-refractivity contribution in [3.05, 3.63) is 133 Å². The van der Waals surface area contributed by atoms with Gasteiger partial charge in [-0.3, -0.25) is 53.0 Å². The average Bonchev–Trinajstić information content (AvgIpc) is 3.84. The first kappa shape index (κ1) is 46.9. The predicted molar refractivity (Wildman–Crippen MR) is 239 cm³/mol. The Morgan fingerprint density at radius 1 is 0.924 bits per heavy atom. The zero-order valence-electron chi connectivity index (χ0n) is 36.0. The summed E-state index contributed by atoms with van der Waals surface area (Å²) in [7, 11) is 0. The minimum atomic E-state index is -1.05. The van der Waals surface area contributed by atoms with Gasteiger partial charge in [-0.15, -0.1) is 5.10 Å². The fraction of sp³-hybridized carbons (Fsp3) is 0.326. The largest absolute Gasteiger partial charge is 0.487 e. The van der Waals surface area contributed by atoms with Crippen molar-refractivity contribution in [3.8, 4) is 11.4 Å². The Kier molecular flexibility index (Phi) is 14.8. The van der Waals surface area contributed by atoms with Crippen LogP contribution in [-0.4, -0.2) is 85.6 Å². The van der Waals surface area contributed by atoms with E-state index >= 15 is 0 Å². The molecule has 1 unspecified atom stereocenters. The van der Waals surface area contributed by atoms with Gasteiger partial charge in [-0.25, -0.2) is 8.78 Å². The molecule has 6 amide bonds. The summed E-state index contributed by atoms with van der Waals surface area (Å²) in [6.45, 7) is 4.91. The maximum absolute atomic E-state index is 14.2. The Morgan fingerprint density at radius 3 is 2.52 bits per heavy atom. The van der Waals surface area contributed by atoms with Crippen molar-refractivity contribution in [1.82, 2.24) is 40.4 Å². The Bertz CT molecular complexity index is 2790. The molecule has 0 aliphatic carbocycles. The number of ether oxygens (including phenoxy) is 1. The van der Waals surface area contributed by atoms with Crippen molar-refractivity contribution in [2.75, 3.05) is 25.0 Å². The number of fused-ring (bicyclic) bond motifs is 1. The molecule has 0 radical (unpaired) electrons. The van der Waals surface area contributed by atoms with E-state index in [0.29, 0.717) is 74.5 Å². The van der Waals surface area contributed by atoms with Gasteiger partial charge in [0.25, 0.3) is 23.3 Å². The van der Waals surface area contributed by atoms with Gasteiger partial charge in [0, 0.05) is 79.9 Å². The van der Waals surface area contributed by atoms with Crippen LogP contribution in [0.5, 0.6) is 5.75 Å². The van der Waals surface area contributed by atoms with Gasteiger partial charge in [-0.05, 0) is 104 Å². The quantitative estimate of drug-likeness (QED) is 0.0650. The molecular formula is C46H46BrF2N9O8. The maximum Gasteiger partial charge on any atom is 0.273 e. The van der Waals surface area contributed by atoms with E-state index in [4.69, 9.17) is 4.74 Å². The number of imide groups is 2. The third kappa shape index (κ3) is 10.7. The molecule has 3 aromatic carbocycles. The van der Waals surface area contributed by atoms with E-state index in [1.54, 1.807) is 54.2 Å². The van der Waals surface area contributed by atoms with Crippen LogP contribution >= 0.6 is 15.9 Å². The normalized spacial score (nSPS) is 14.6. The first-order valence-electron chi connectivity index (χ1n) is 21.3. The van der Waals surface area contributed by atoms with Crippen LogP contribution in [0.2, 0.25) is 0 Å². The molecule has 1 saturated heterocycles. The summed E-state index contributed by atoms with van der Waals surface area (Å²) in [6.07, 6.45) is 4.36. The lowest BCUT2D eigenvalue weighted by molar-refractivity contribution is -0.136. The summed E-state index contributed by atoms with van der Waals surface area (Å²) in [5.41, 5.74) is 3.32. The number of aryl methyl sites for hydroxylation is 4. The van der Waals surface area contributed by atoms with E-state index in [0.717, 1.165) is 28.3 Å². The predicted octanol–water partition coefficient (Wildman–Crippen LogP) is 4.83. The second-order valence-electron chi connectivity index (χ2n) is 15.9. The summed E-state index contributed by atoms with van der Waals surface area (Å²) < 4.78 is 36.4. The smallest absolute Gasteiger partial charge is 0.273 e. The monoisotopic (exact) mass is 969 g/mol. The van der Waals surface area contributed by atoms with Gasteiger partial charge in [-0.2, -0.15) is 0 Å². The molecule has 66 heavy (non-hydrogen) atoms. The van der Waals surface area contributed by atoms with E-state index < -0.39 is 46.9 Å². The van der Waals surface area contributed by atoms with Crippen molar-refractivity contribution in [3.63, 3.8) is 0 Å². The molecule has 5 aromatic rings. The number of nitrogens with zero attached hydrogens (tertiary/aromatic N) is 5. The second kappa shape index (κ2) is 20.8. The number of carbonyl (C=O) groups excluding carboxylic acids is 6. The minimum absolute atomic E-state index is 0.0340. The number of aromatic nitrogens is 4. The molecule has 0 bridgehead atoms. The van der Waals surface area contributed by atoms with Crippen molar-refractivity contribution in [2.45, 2.75) is 78.0 Å². The molecule has 0 spiro atoms. The molecule has 2 aromatic heterocycles. The van der Waals surface area contributed by atoms with E-state index in [2.05, 4.69) is 47.5 Å². The summed E-state index contributed by atoms with van der Waals surface area (Å²) in [5.74, 6) is -4.03. The summed E-state index contributed by atoms with van der Waals surface area (Å²) in [5, 5.41) is 19.5. The molecule has 1 atom stereocenters. The van der Waals surface area contributed by atoms with Crippen LogP contribution in [0.15, 0.2) is 76.1 Å². The standard InChI is InChI=1S/C46H46BrF2N9O8/c1-26-11-12-28(22-36(26)57-27(2)21-37(41(47)46(57)65)66-25-29-13-14-30(48)23-33(29)49)42(61)52-17-4-7-31-24-56(55-54-31)20-5-10-38(59)51-19-6-18-50-34-9-3-8-32-40(34)45(64)58(44(32)63)35-15-16-39(60)53-43(35)62/h3,8-9,11-14,21-24,35,50H,4-7,10,15-20,25H2,1-2H3,(H,51,59)(H,52,61)(H,53,60,62). The third-order valence-corrected chi connectivity index (χ3v) is 11.9. The highest BCUT2D eigenvalue weighted by Gasteiger charge is 2.45. The van der Waals surface area contributed by atoms with Crippen molar-refractivity contribution < 1.29 is 42.3 Å². The molecule has 7 rings (SSSR count). The highest BCUT2D eigenvalue weighted by Crippen LogP contribution is 2.32. The lowest BCUT2D eigenvalue weighted by Gasteiger charge is -2.27. The van der Waals surface area contributed by atoms with Crippen LogP contribution in [0, 0.1) is 25.5 Å². The number of hydrogen-bond acceptors (Lipinski definition) is 11. The average molecular weight is 971 g/mol. The molecule has 17 nitrogen and oxygen atoms in total. The highest BCUT2D eigenvalue weighted by atomic mass is 79.9. The summed E-state index contributed by atoms with van der Waals surface area (Å²) in [6, 6.07) is 13.6. The number of piperidine rings is 1. The van der Waals surface area contributed by atoms with Crippen LogP contribution in [0.25, 0.3) is 5.69 Å². The van der Waals surface area contributed by atoms with Crippen molar-refractivity contribution in [2.24, 2.45) is 0 Å². The van der Waals surface area contributed by atoms with Gasteiger partial charge in [-0.1, -0.05) is 17.3 Å². The number of rotatable bonds is 19. The molecule has 2 aliphatic heterocycles. The third-order valence-electron chi connectivity index (χ3n) is 11.1. The Morgan fingerprint density at radius 2 is 1.73 bits per heavy atom. The maximum atomic E-state index is 14.2. The summed E-state index contributed by atoms with van der Waals surface area (Å²) >= 11 is 3.31. The first-order valence-corrected chi connectivity index (χ1v) is 22.1. The van der Waals surface area contributed by atoms with Gasteiger partial charge in [0.15, 0.2) is 0 Å². The van der Waals surface area contributed by atoms with Crippen LogP contribution in [0.3, 0.4) is 0 Å². The Labute approximate surface area is 385 Å². The topological polar surface area (TPSA) is 216 Å². The van der Waals surface area contributed by atoms with E-state index in [1.807, 2.05) is 6.92 Å². The van der Waals surface area contributed by atoms with Crippen LogP contribution in [0.4, 0.5) is 14.5 Å². The number of carbonyl (C=O) groups is 6. The van der Waals surface area contributed by atoms with E-state index in [1.165, 1.54) is 16.7 Å². The van der Waals surface area contributed by atoms with Crippen LogP contribution in [-0.2, 0) is 34.0 Å². The van der Waals surface area contributed by atoms with Gasteiger partial charge in [0.1, 0.15) is 34.5 Å². The number of amides is 6. The molecule has 4 heterocycles. The number of nitrogens with one attached hydrogen (secondary N) is 4. The van der Waals surface area contributed by atoms with Gasteiger partial charge in [0.05, 0.1) is 22.5 Å². The number of benzene rings is 3. The van der Waals surface area contributed by atoms with Gasteiger partial charge in [0.2, 0.25) is 17.7 Å². The zero-order chi connectivity index (χ0) is 47.1. The fourth-order valence-corrected chi connectivity index (χ4v) is 8.11. The Hall–Kier alpha value is -7.09. The lowest BCUT2D eigenvalue weighted by atomic mass is 10.0. The summed E-state index contributed by atoms with van der Waals surface area (Å²) in [4.78, 5) is 90.5. The van der Waals surface area contributed by atoms with E-state index in [-0.39, 0.29) is 64.6 Å². The number of hydrogen-bond donors (Lipinski definition) is 4.